The van der Waals surface area contributed by atoms with Gasteiger partial charge in [0.15, 0.2) is 12.6 Å². The van der Waals surface area contributed by atoms with Crippen molar-refractivity contribution < 1.29 is 46.5 Å². The lowest BCUT2D eigenvalue weighted by Gasteiger charge is -2.36. The molecule has 0 saturated carbocycles. The summed E-state index contributed by atoms with van der Waals surface area (Å²) in [6.07, 6.45) is -3.13. The van der Waals surface area contributed by atoms with Crippen molar-refractivity contribution in [2.45, 2.75) is 82.8 Å². The highest BCUT2D eigenvalue weighted by Gasteiger charge is 2.46. The maximum Gasteiger partial charge on any atom is 0.340 e. The Hall–Kier alpha value is -3.33. The van der Waals surface area contributed by atoms with E-state index in [1.54, 1.807) is 37.3 Å². The average molecular weight is 750 g/mol. The van der Waals surface area contributed by atoms with Gasteiger partial charge in [-0.25, -0.2) is 8.78 Å². The second-order valence-electron chi connectivity index (χ2n) is 12.3. The minimum atomic E-state index is -4.61. The van der Waals surface area contributed by atoms with Crippen LogP contribution in [0.3, 0.4) is 0 Å². The van der Waals surface area contributed by atoms with Crippen LogP contribution in [0.25, 0.3) is 0 Å². The van der Waals surface area contributed by atoms with Crippen molar-refractivity contribution in [2.75, 3.05) is 39.5 Å². The molecule has 0 radical (unpaired) electrons. The molecule has 1 aromatic rings. The number of aliphatic imine (C=N–C) groups is 1. The van der Waals surface area contributed by atoms with Crippen molar-refractivity contribution in [3.8, 4) is 6.07 Å². The van der Waals surface area contributed by atoms with Gasteiger partial charge in [0.1, 0.15) is 11.0 Å². The molecule has 0 saturated heterocycles. The lowest BCUT2D eigenvalue weighted by molar-refractivity contribution is -0.179. The van der Waals surface area contributed by atoms with Crippen LogP contribution in [0, 0.1) is 22.2 Å². The lowest BCUT2D eigenvalue weighted by Crippen LogP contribution is -2.46. The topological polar surface area (TPSA) is 190 Å². The number of guanidine groups is 1. The molecule has 0 spiro atoms. The zero-order valence-electron chi connectivity index (χ0n) is 28.3. The van der Waals surface area contributed by atoms with E-state index in [1.807, 2.05) is 0 Å². The van der Waals surface area contributed by atoms with Gasteiger partial charge in [0.25, 0.3) is 0 Å². The lowest BCUT2D eigenvalue weighted by atomic mass is 9.68. The molecule has 0 aliphatic rings. The molecule has 1 aromatic carbocycles. The molecule has 0 aromatic heterocycles. The first kappa shape index (κ1) is 44.7. The van der Waals surface area contributed by atoms with E-state index in [4.69, 9.17) is 33.5 Å². The largest absolute Gasteiger partial charge is 0.458 e. The van der Waals surface area contributed by atoms with Crippen molar-refractivity contribution >= 4 is 51.8 Å². The van der Waals surface area contributed by atoms with Crippen LogP contribution in [-0.2, 0) is 23.9 Å². The number of ether oxygens (including phenoxy) is 2. The number of thiocarbonyl (C=S) groups is 1. The Balaban J connectivity index is 3.32. The number of rotatable bonds is 25. The number of carbonyl (C=O) groups excluding carboxylic acids is 3. The summed E-state index contributed by atoms with van der Waals surface area (Å²) in [5.41, 5.74) is 8.37. The fraction of sp³-hybridized carbons (Fsp3) is 0.636. The van der Waals surface area contributed by atoms with Crippen molar-refractivity contribution in [1.82, 2.24) is 5.32 Å². The number of aliphatic hydroxyl groups excluding tert-OH is 1. The van der Waals surface area contributed by atoms with Gasteiger partial charge in [-0.2, -0.15) is 14.0 Å². The minimum absolute atomic E-state index is 0.00442. The van der Waals surface area contributed by atoms with Crippen LogP contribution in [0.1, 0.15) is 70.8 Å². The summed E-state index contributed by atoms with van der Waals surface area (Å²) >= 11 is 6.25. The minimum Gasteiger partial charge on any atom is -0.458 e. The van der Waals surface area contributed by atoms with Gasteiger partial charge in [0.2, 0.25) is 5.91 Å². The van der Waals surface area contributed by atoms with E-state index in [0.29, 0.717) is 38.0 Å². The number of hydrogen-bond acceptors (Lipinski definition) is 10. The molecule has 3 atom stereocenters. The Morgan fingerprint density at radius 2 is 1.76 bits per heavy atom. The SMILES string of the molecule is CC(C#N)(CCC(=O)CCCOCCCO)CC(C)(CC(SC(=S)c1ccccc1)C(=O)OCC(F)(F)C(F)F)C(=O)NCCCN=C(N)N. The van der Waals surface area contributed by atoms with Crippen molar-refractivity contribution in [2.24, 2.45) is 27.3 Å². The highest BCUT2D eigenvalue weighted by molar-refractivity contribution is 8.24. The molecule has 11 nitrogen and oxygen atoms in total. The third-order valence-electron chi connectivity index (χ3n) is 7.54. The predicted molar refractivity (Wildman–Crippen MR) is 187 cm³/mol. The van der Waals surface area contributed by atoms with E-state index in [2.05, 4.69) is 21.1 Å². The Morgan fingerprint density at radius 1 is 1.10 bits per heavy atom. The van der Waals surface area contributed by atoms with Crippen LogP contribution in [0.5, 0.6) is 0 Å². The van der Waals surface area contributed by atoms with E-state index in [9.17, 15) is 37.2 Å². The van der Waals surface area contributed by atoms with Gasteiger partial charge in [-0.05, 0) is 51.0 Å². The third-order valence-corrected chi connectivity index (χ3v) is 9.16. The van der Waals surface area contributed by atoms with E-state index in [0.717, 1.165) is 11.8 Å². The van der Waals surface area contributed by atoms with Gasteiger partial charge in [-0.3, -0.25) is 19.4 Å². The summed E-state index contributed by atoms with van der Waals surface area (Å²) in [4.78, 5) is 43.7. The number of Topliss-reactive ketones (excluding diaryl/α,β-unsaturated/α-hetero) is 1. The molecule has 17 heteroatoms. The van der Waals surface area contributed by atoms with E-state index in [1.165, 1.54) is 6.92 Å². The first-order valence-electron chi connectivity index (χ1n) is 16.0. The summed E-state index contributed by atoms with van der Waals surface area (Å²) in [5, 5.41) is 20.4. The highest BCUT2D eigenvalue weighted by Crippen LogP contribution is 2.43. The molecule has 0 bridgehead atoms. The normalized spacial score (nSPS) is 14.5. The molecule has 0 heterocycles. The fourth-order valence-corrected chi connectivity index (χ4v) is 6.48. The fourth-order valence-electron chi connectivity index (χ4n) is 4.85. The zero-order chi connectivity index (χ0) is 37.8. The van der Waals surface area contributed by atoms with Crippen LogP contribution >= 0.6 is 24.0 Å². The van der Waals surface area contributed by atoms with Gasteiger partial charge in [0.05, 0.1) is 15.7 Å². The number of alkyl halides is 4. The summed E-state index contributed by atoms with van der Waals surface area (Å²) in [6.45, 7) is 2.14. The molecular weight excluding hydrogens is 703 g/mol. The number of aliphatic hydroxyl groups is 1. The molecule has 1 rings (SSSR count). The number of hydrogen-bond donors (Lipinski definition) is 4. The second kappa shape index (κ2) is 22.5. The summed E-state index contributed by atoms with van der Waals surface area (Å²) in [7, 11) is 0. The summed E-state index contributed by atoms with van der Waals surface area (Å²) in [5.74, 6) is -6.78. The van der Waals surface area contributed by atoms with Crippen molar-refractivity contribution in [1.29, 1.82) is 5.26 Å². The first-order valence-corrected chi connectivity index (χ1v) is 17.3. The van der Waals surface area contributed by atoms with Gasteiger partial charge in [-0.15, -0.1) is 0 Å². The average Bonchev–Trinajstić information content (AvgIpc) is 3.07. The van der Waals surface area contributed by atoms with Crippen LogP contribution in [-0.4, -0.2) is 90.0 Å². The number of nitrogens with one attached hydrogen (secondary N) is 1. The highest BCUT2D eigenvalue weighted by atomic mass is 32.2. The second-order valence-corrected chi connectivity index (χ2v) is 14.2. The molecule has 1 amide bonds. The Bertz CT molecular complexity index is 1320. The molecular formula is C33H47F4N5O6S2. The van der Waals surface area contributed by atoms with Crippen LogP contribution in [0.4, 0.5) is 17.6 Å². The standard InChI is InChI=1S/C33H47F4N5O6S2/c1-31(21-38,13-12-24(44)11-6-17-47-18-8-16-43)20-32(2,29(46)41-14-7-15-42-30(39)40)19-25(26(45)48-22-33(36,37)28(34)35)50-27(49)23-9-4-3-5-10-23/h3-5,9-10,25,28,43H,6-8,11-20,22H2,1-2H3,(H,41,46)(H4,39,40,42). The number of esters is 1. The summed E-state index contributed by atoms with van der Waals surface area (Å²) in [6, 6.07) is 10.6. The van der Waals surface area contributed by atoms with Crippen molar-refractivity contribution in [3.63, 3.8) is 0 Å². The number of nitriles is 1. The van der Waals surface area contributed by atoms with Gasteiger partial charge in [0, 0.05) is 51.2 Å². The number of amides is 1. The van der Waals surface area contributed by atoms with E-state index in [-0.39, 0.29) is 67.7 Å². The predicted octanol–water partition coefficient (Wildman–Crippen LogP) is 4.53. The van der Waals surface area contributed by atoms with Gasteiger partial charge < -0.3 is 31.4 Å². The number of benzene rings is 1. The Kier molecular flexibility index (Phi) is 20.1. The molecule has 0 fully saturated rings. The van der Waals surface area contributed by atoms with Crippen molar-refractivity contribution in [3.05, 3.63) is 35.9 Å². The monoisotopic (exact) mass is 749 g/mol. The smallest absolute Gasteiger partial charge is 0.340 e. The third kappa shape index (κ3) is 17.1. The van der Waals surface area contributed by atoms with E-state index >= 15 is 0 Å². The van der Waals surface area contributed by atoms with Gasteiger partial charge in [-0.1, -0.05) is 61.2 Å². The number of halogens is 4. The molecule has 280 valence electrons. The van der Waals surface area contributed by atoms with E-state index < -0.39 is 46.9 Å². The summed E-state index contributed by atoms with van der Waals surface area (Å²) < 4.78 is 63.4. The molecule has 0 aliphatic heterocycles. The zero-order valence-corrected chi connectivity index (χ0v) is 29.9. The Morgan fingerprint density at radius 3 is 2.36 bits per heavy atom. The quantitative estimate of drug-likeness (QED) is 0.0275. The first-order chi connectivity index (χ1) is 23.5. The molecule has 3 unspecified atom stereocenters. The molecule has 6 N–H and O–H groups in total. The van der Waals surface area contributed by atoms with Gasteiger partial charge >= 0.3 is 18.3 Å². The number of thioether (sulfide) groups is 1. The number of nitrogens with zero attached hydrogens (tertiary/aromatic N) is 2. The van der Waals surface area contributed by atoms with Crippen LogP contribution < -0.4 is 16.8 Å². The number of nitrogens with two attached hydrogens (primary N) is 2. The van der Waals surface area contributed by atoms with Crippen LogP contribution in [0.15, 0.2) is 35.3 Å². The Labute approximate surface area is 299 Å². The maximum atomic E-state index is 13.8. The maximum absolute atomic E-state index is 13.8. The van der Waals surface area contributed by atoms with Crippen LogP contribution in [0.2, 0.25) is 0 Å². The number of carbonyl (C=O) groups is 3. The molecule has 50 heavy (non-hydrogen) atoms. The molecule has 0 aliphatic carbocycles. The number of ketones is 1.